The molecule has 0 aromatic heterocycles. The van der Waals surface area contributed by atoms with E-state index in [1.54, 1.807) is 42.5 Å². The van der Waals surface area contributed by atoms with E-state index in [1.165, 1.54) is 44.6 Å². The molecule has 0 rings (SSSR count). The SMILES string of the molecule is CC/C=C\C[C@@H](O)/C=C/C=C/C=C\C=C/[C@H](O)[C@@H](O)CCCC(=O)OC[C@H](COP(=O)(O)O)OC(=O)CCCCCCCCCCCC. The van der Waals surface area contributed by atoms with Gasteiger partial charge in [0, 0.05) is 12.8 Å². The van der Waals surface area contributed by atoms with Gasteiger partial charge in [-0.2, -0.15) is 0 Å². The van der Waals surface area contributed by atoms with Crippen LogP contribution in [0, 0.1) is 0 Å². The lowest BCUT2D eigenvalue weighted by Crippen LogP contribution is -2.29. The summed E-state index contributed by atoms with van der Waals surface area (Å²) in [7, 11) is -4.83. The van der Waals surface area contributed by atoms with Gasteiger partial charge < -0.3 is 34.6 Å². The Morgan fingerprint density at radius 2 is 1.25 bits per heavy atom. The summed E-state index contributed by atoms with van der Waals surface area (Å²) in [4.78, 5) is 42.6. The molecule has 0 spiro atoms. The van der Waals surface area contributed by atoms with Crippen LogP contribution in [0.2, 0.25) is 0 Å². The Balaban J connectivity index is 4.40. The smallest absolute Gasteiger partial charge is 0.462 e. The van der Waals surface area contributed by atoms with Crippen LogP contribution < -0.4 is 0 Å². The first-order valence-corrected chi connectivity index (χ1v) is 18.9. The molecule has 0 aliphatic carbocycles. The number of esters is 2. The van der Waals surface area contributed by atoms with E-state index in [2.05, 4.69) is 11.4 Å². The zero-order chi connectivity index (χ0) is 35.9. The lowest BCUT2D eigenvalue weighted by Gasteiger charge is -2.18. The number of hydrogen-bond donors (Lipinski definition) is 5. The summed E-state index contributed by atoms with van der Waals surface area (Å²) in [6, 6.07) is 0. The van der Waals surface area contributed by atoms with Gasteiger partial charge in [-0.15, -0.1) is 0 Å². The molecule has 0 aromatic rings. The number of phosphoric ester groups is 1. The summed E-state index contributed by atoms with van der Waals surface area (Å²) >= 11 is 0. The summed E-state index contributed by atoms with van der Waals surface area (Å²) < 4.78 is 26.0. The molecule has 48 heavy (non-hydrogen) atoms. The molecule has 0 heterocycles. The number of allylic oxidation sites excluding steroid dienone is 7. The van der Waals surface area contributed by atoms with E-state index in [4.69, 9.17) is 19.3 Å². The maximum Gasteiger partial charge on any atom is 0.469 e. The number of aliphatic hydroxyl groups excluding tert-OH is 3. The minimum atomic E-state index is -4.83. The van der Waals surface area contributed by atoms with Crippen LogP contribution in [-0.4, -0.2) is 74.7 Å². The van der Waals surface area contributed by atoms with E-state index in [9.17, 15) is 29.5 Å². The van der Waals surface area contributed by atoms with Crippen LogP contribution in [0.1, 0.15) is 117 Å². The third-order valence-corrected chi connectivity index (χ3v) is 7.63. The molecule has 0 radical (unpaired) electrons. The largest absolute Gasteiger partial charge is 0.469 e. The molecular formula is C36H61O11P. The predicted octanol–water partition coefficient (Wildman–Crippen LogP) is 6.70. The van der Waals surface area contributed by atoms with Gasteiger partial charge in [-0.25, -0.2) is 4.57 Å². The van der Waals surface area contributed by atoms with Gasteiger partial charge in [0.15, 0.2) is 6.10 Å². The van der Waals surface area contributed by atoms with Crippen molar-refractivity contribution in [1.29, 1.82) is 0 Å². The fourth-order valence-electron chi connectivity index (χ4n) is 4.42. The predicted molar refractivity (Wildman–Crippen MR) is 188 cm³/mol. The number of unbranched alkanes of at least 4 members (excludes halogenated alkanes) is 9. The van der Waals surface area contributed by atoms with Crippen molar-refractivity contribution in [3.63, 3.8) is 0 Å². The number of aliphatic hydroxyl groups is 3. The minimum absolute atomic E-state index is 0.0894. The molecule has 0 unspecified atom stereocenters. The molecule has 0 amide bonds. The minimum Gasteiger partial charge on any atom is -0.462 e. The van der Waals surface area contributed by atoms with Crippen LogP contribution in [0.5, 0.6) is 0 Å². The van der Waals surface area contributed by atoms with Crippen molar-refractivity contribution in [1.82, 2.24) is 0 Å². The summed E-state index contributed by atoms with van der Waals surface area (Å²) in [5.74, 6) is -1.23. The highest BCUT2D eigenvalue weighted by Crippen LogP contribution is 2.36. The Bertz CT molecular complexity index is 1020. The first-order valence-electron chi connectivity index (χ1n) is 17.4. The molecule has 276 valence electrons. The van der Waals surface area contributed by atoms with Crippen molar-refractivity contribution in [3.8, 4) is 0 Å². The molecule has 0 saturated heterocycles. The van der Waals surface area contributed by atoms with Crippen LogP contribution in [0.4, 0.5) is 0 Å². The highest BCUT2D eigenvalue weighted by atomic mass is 31.2. The van der Waals surface area contributed by atoms with Gasteiger partial charge in [-0.1, -0.05) is 132 Å². The Hall–Kier alpha value is -2.37. The zero-order valence-corrected chi connectivity index (χ0v) is 29.8. The van der Waals surface area contributed by atoms with Gasteiger partial charge in [-0.3, -0.25) is 14.1 Å². The van der Waals surface area contributed by atoms with Gasteiger partial charge in [0.25, 0.3) is 0 Å². The van der Waals surface area contributed by atoms with Crippen LogP contribution in [0.3, 0.4) is 0 Å². The van der Waals surface area contributed by atoms with E-state index in [0.717, 1.165) is 25.7 Å². The fraction of sp³-hybridized carbons (Fsp3) is 0.667. The normalized spacial score (nSPS) is 15.2. The molecule has 4 atom stereocenters. The number of phosphoric acid groups is 1. The third kappa shape index (κ3) is 30.9. The Kier molecular flexibility index (Phi) is 29.2. The van der Waals surface area contributed by atoms with Gasteiger partial charge in [0.1, 0.15) is 6.61 Å². The van der Waals surface area contributed by atoms with E-state index < -0.39 is 57.4 Å². The summed E-state index contributed by atoms with van der Waals surface area (Å²) in [6.45, 7) is 3.14. The summed E-state index contributed by atoms with van der Waals surface area (Å²) in [5, 5.41) is 30.1. The standard InChI is InChI=1S/C36H61O11P/c1-3-5-7-8-9-10-11-12-17-21-27-36(41)47-32(30-46-48(42,43)44)29-45-35(40)28-22-26-34(39)33(38)25-20-16-14-13-15-19-24-31(37)23-18-6-4-2/h6,13-16,18-20,24-25,31-34,37-39H,3-5,7-12,17,21-23,26-30H2,1-2H3,(H2,42,43,44)/b15-13+,16-14-,18-6-,24-19+,25-20-/t31-,32-,33+,34+/m1/s1. The lowest BCUT2D eigenvalue weighted by molar-refractivity contribution is -0.161. The lowest BCUT2D eigenvalue weighted by atomic mass is 10.1. The number of carbonyl (C=O) groups is 2. The van der Waals surface area contributed by atoms with Gasteiger partial charge in [0.2, 0.25) is 0 Å². The van der Waals surface area contributed by atoms with Crippen molar-refractivity contribution >= 4 is 19.8 Å². The highest BCUT2D eigenvalue weighted by molar-refractivity contribution is 7.46. The van der Waals surface area contributed by atoms with Crippen molar-refractivity contribution in [2.24, 2.45) is 0 Å². The second-order valence-electron chi connectivity index (χ2n) is 11.7. The van der Waals surface area contributed by atoms with E-state index in [0.29, 0.717) is 12.8 Å². The maximum absolute atomic E-state index is 12.3. The fourth-order valence-corrected chi connectivity index (χ4v) is 4.78. The molecule has 0 aliphatic heterocycles. The second-order valence-corrected chi connectivity index (χ2v) is 12.9. The van der Waals surface area contributed by atoms with Crippen LogP contribution in [0.15, 0.2) is 60.8 Å². The first kappa shape index (κ1) is 45.6. The van der Waals surface area contributed by atoms with Crippen LogP contribution >= 0.6 is 7.82 Å². The number of carbonyl (C=O) groups excluding carboxylic acids is 2. The Morgan fingerprint density at radius 1 is 0.688 bits per heavy atom. The third-order valence-electron chi connectivity index (χ3n) is 7.14. The second kappa shape index (κ2) is 30.7. The number of ether oxygens (including phenoxy) is 2. The van der Waals surface area contributed by atoms with Crippen molar-refractivity contribution in [2.45, 2.75) is 141 Å². The molecule has 0 fully saturated rings. The van der Waals surface area contributed by atoms with Crippen molar-refractivity contribution in [2.75, 3.05) is 13.2 Å². The molecule has 0 bridgehead atoms. The molecular weight excluding hydrogens is 639 g/mol. The molecule has 5 N–H and O–H groups in total. The quantitative estimate of drug-likeness (QED) is 0.0177. The van der Waals surface area contributed by atoms with Crippen molar-refractivity contribution < 1.29 is 53.3 Å². The maximum atomic E-state index is 12.3. The van der Waals surface area contributed by atoms with Crippen molar-refractivity contribution in [3.05, 3.63) is 60.8 Å². The first-order chi connectivity index (χ1) is 23.0. The molecule has 0 aliphatic rings. The van der Waals surface area contributed by atoms with E-state index >= 15 is 0 Å². The summed E-state index contributed by atoms with van der Waals surface area (Å²) in [5.41, 5.74) is 0. The van der Waals surface area contributed by atoms with E-state index in [1.807, 2.05) is 19.1 Å². The Morgan fingerprint density at radius 3 is 1.85 bits per heavy atom. The van der Waals surface area contributed by atoms with Gasteiger partial charge >= 0.3 is 19.8 Å². The van der Waals surface area contributed by atoms with Crippen LogP contribution in [0.25, 0.3) is 0 Å². The van der Waals surface area contributed by atoms with E-state index in [-0.39, 0.29) is 25.7 Å². The molecule has 12 heteroatoms. The van der Waals surface area contributed by atoms with Gasteiger partial charge in [-0.05, 0) is 32.1 Å². The monoisotopic (exact) mass is 700 g/mol. The van der Waals surface area contributed by atoms with Crippen LogP contribution in [-0.2, 0) is 28.2 Å². The number of hydrogen-bond acceptors (Lipinski definition) is 9. The number of rotatable bonds is 30. The molecule has 0 aromatic carbocycles. The average molecular weight is 701 g/mol. The molecule has 0 saturated carbocycles. The summed E-state index contributed by atoms with van der Waals surface area (Å²) in [6.07, 6.45) is 26.2. The Labute approximate surface area is 287 Å². The highest BCUT2D eigenvalue weighted by Gasteiger charge is 2.23. The molecule has 11 nitrogen and oxygen atoms in total. The zero-order valence-electron chi connectivity index (χ0n) is 28.9. The topological polar surface area (TPSA) is 180 Å². The van der Waals surface area contributed by atoms with Gasteiger partial charge in [0.05, 0.1) is 24.9 Å². The average Bonchev–Trinajstić information content (AvgIpc) is 3.04.